The summed E-state index contributed by atoms with van der Waals surface area (Å²) in [4.78, 5) is 1.53. The molecule has 2 unspecified atom stereocenters. The highest BCUT2D eigenvalue weighted by Gasteiger charge is 2.26. The van der Waals surface area contributed by atoms with Crippen LogP contribution in [0.2, 0.25) is 0 Å². The zero-order chi connectivity index (χ0) is 10.8. The molecule has 0 amide bonds. The first-order chi connectivity index (χ1) is 7.22. The Hall–Kier alpha value is 0.620. The van der Waals surface area contributed by atoms with Crippen molar-refractivity contribution < 1.29 is 0 Å². The van der Waals surface area contributed by atoms with E-state index in [1.54, 1.807) is 0 Å². The van der Waals surface area contributed by atoms with Crippen LogP contribution in [0, 0.1) is 5.92 Å². The van der Waals surface area contributed by atoms with Gasteiger partial charge in [-0.15, -0.1) is 11.3 Å². The molecule has 0 aromatic carbocycles. The first-order valence-corrected chi connectivity index (χ1v) is 7.78. The van der Waals surface area contributed by atoms with E-state index in [0.717, 1.165) is 18.4 Å². The van der Waals surface area contributed by atoms with Gasteiger partial charge in [-0.1, -0.05) is 13.3 Å². The van der Waals surface area contributed by atoms with Gasteiger partial charge >= 0.3 is 0 Å². The normalized spacial score (nSPS) is 26.9. The summed E-state index contributed by atoms with van der Waals surface area (Å²) in [6.45, 7) is 4.63. The molecule has 1 fully saturated rings. The van der Waals surface area contributed by atoms with Crippen molar-refractivity contribution in [1.82, 2.24) is 5.32 Å². The van der Waals surface area contributed by atoms with Gasteiger partial charge in [0, 0.05) is 9.35 Å². The van der Waals surface area contributed by atoms with Crippen LogP contribution >= 0.6 is 43.2 Å². The summed E-state index contributed by atoms with van der Waals surface area (Å²) in [5.74, 6) is 1.56. The molecular weight excluding hydrogens is 338 g/mol. The van der Waals surface area contributed by atoms with E-state index in [1.165, 1.54) is 32.5 Å². The molecule has 2 atom stereocenters. The maximum absolute atomic E-state index is 3.58. The Morgan fingerprint density at radius 2 is 2.33 bits per heavy atom. The van der Waals surface area contributed by atoms with Crippen LogP contribution in [0.15, 0.2) is 14.3 Å². The molecule has 0 spiro atoms. The average Bonchev–Trinajstić information content (AvgIpc) is 2.59. The quantitative estimate of drug-likeness (QED) is 0.832. The fourth-order valence-electron chi connectivity index (χ4n) is 2.27. The Balaban J connectivity index is 2.20. The number of hydrogen-bond donors (Lipinski definition) is 1. The Morgan fingerprint density at radius 3 is 2.93 bits per heavy atom. The third kappa shape index (κ3) is 2.65. The predicted molar refractivity (Wildman–Crippen MR) is 73.7 cm³/mol. The second-order valence-electron chi connectivity index (χ2n) is 4.04. The molecule has 4 heteroatoms. The lowest BCUT2D eigenvalue weighted by molar-refractivity contribution is 0.321. The SMILES string of the molecule is CCC1CNCCC1c1cc(Br)c(Br)s1. The minimum atomic E-state index is 0.754. The van der Waals surface area contributed by atoms with Gasteiger partial charge in [0.25, 0.3) is 0 Å². The van der Waals surface area contributed by atoms with E-state index in [-0.39, 0.29) is 0 Å². The second kappa shape index (κ2) is 5.30. The third-order valence-electron chi connectivity index (χ3n) is 3.16. The van der Waals surface area contributed by atoms with Crippen molar-refractivity contribution in [2.75, 3.05) is 13.1 Å². The van der Waals surface area contributed by atoms with Crippen LogP contribution in [0.5, 0.6) is 0 Å². The van der Waals surface area contributed by atoms with Crippen molar-refractivity contribution in [3.8, 4) is 0 Å². The lowest BCUT2D eigenvalue weighted by Crippen LogP contribution is -2.34. The Morgan fingerprint density at radius 1 is 1.53 bits per heavy atom. The molecule has 1 aromatic heterocycles. The number of hydrogen-bond acceptors (Lipinski definition) is 2. The van der Waals surface area contributed by atoms with Gasteiger partial charge < -0.3 is 5.32 Å². The molecule has 2 rings (SSSR count). The topological polar surface area (TPSA) is 12.0 Å². The zero-order valence-electron chi connectivity index (χ0n) is 8.72. The van der Waals surface area contributed by atoms with Gasteiger partial charge in [0.2, 0.25) is 0 Å². The van der Waals surface area contributed by atoms with Crippen LogP contribution in [0.1, 0.15) is 30.6 Å². The Kier molecular flexibility index (Phi) is 4.27. The summed E-state index contributed by atoms with van der Waals surface area (Å²) >= 11 is 9.03. The maximum atomic E-state index is 3.58. The summed E-state index contributed by atoms with van der Waals surface area (Å²) in [7, 11) is 0. The molecule has 1 nitrogen and oxygen atoms in total. The van der Waals surface area contributed by atoms with E-state index in [4.69, 9.17) is 0 Å². The number of piperidine rings is 1. The highest BCUT2D eigenvalue weighted by Crippen LogP contribution is 2.41. The fourth-order valence-corrected chi connectivity index (χ4v) is 4.59. The smallest absolute Gasteiger partial charge is 0.0843 e. The number of nitrogens with one attached hydrogen (secondary N) is 1. The van der Waals surface area contributed by atoms with Gasteiger partial charge in [0.1, 0.15) is 0 Å². The highest BCUT2D eigenvalue weighted by molar-refractivity contribution is 9.13. The lowest BCUT2D eigenvalue weighted by Gasteiger charge is -2.30. The summed E-state index contributed by atoms with van der Waals surface area (Å²) in [6, 6.07) is 2.29. The minimum absolute atomic E-state index is 0.754. The van der Waals surface area contributed by atoms with Crippen molar-refractivity contribution in [3.63, 3.8) is 0 Å². The molecule has 0 aliphatic carbocycles. The molecule has 84 valence electrons. The fraction of sp³-hybridized carbons (Fsp3) is 0.636. The molecule has 0 saturated carbocycles. The van der Waals surface area contributed by atoms with Crippen molar-refractivity contribution >= 4 is 43.2 Å². The standard InChI is InChI=1S/C11H15Br2NS/c1-2-7-6-14-4-3-8(7)10-5-9(12)11(13)15-10/h5,7-8,14H,2-4,6H2,1H3. The number of halogens is 2. The number of thiophene rings is 1. The van der Waals surface area contributed by atoms with Gasteiger partial charge in [0.15, 0.2) is 0 Å². The van der Waals surface area contributed by atoms with Crippen LogP contribution < -0.4 is 5.32 Å². The molecule has 1 N–H and O–H groups in total. The first kappa shape index (κ1) is 12.1. The molecular formula is C11H15Br2NS. The summed E-state index contributed by atoms with van der Waals surface area (Å²) in [5.41, 5.74) is 0. The van der Waals surface area contributed by atoms with Gasteiger partial charge in [0.05, 0.1) is 3.79 Å². The van der Waals surface area contributed by atoms with Crippen molar-refractivity contribution in [2.24, 2.45) is 5.92 Å². The minimum Gasteiger partial charge on any atom is -0.316 e. The van der Waals surface area contributed by atoms with Crippen molar-refractivity contribution in [3.05, 3.63) is 19.2 Å². The Labute approximate surface area is 112 Å². The summed E-state index contributed by atoms with van der Waals surface area (Å²) in [5, 5.41) is 3.49. The largest absolute Gasteiger partial charge is 0.316 e. The van der Waals surface area contributed by atoms with E-state index in [2.05, 4.69) is 50.2 Å². The summed E-state index contributed by atoms with van der Waals surface area (Å²) < 4.78 is 2.43. The highest BCUT2D eigenvalue weighted by atomic mass is 79.9. The Bertz CT molecular complexity index is 318. The predicted octanol–water partition coefficient (Wildman–Crippen LogP) is 4.38. The molecule has 1 aliphatic rings. The van der Waals surface area contributed by atoms with E-state index in [1.807, 2.05) is 11.3 Å². The average molecular weight is 353 g/mol. The zero-order valence-corrected chi connectivity index (χ0v) is 12.7. The van der Waals surface area contributed by atoms with Gasteiger partial charge in [-0.3, -0.25) is 0 Å². The third-order valence-corrected chi connectivity index (χ3v) is 6.55. The van der Waals surface area contributed by atoms with Crippen LogP contribution in [-0.2, 0) is 0 Å². The van der Waals surface area contributed by atoms with Gasteiger partial charge in [-0.2, -0.15) is 0 Å². The maximum Gasteiger partial charge on any atom is 0.0843 e. The van der Waals surface area contributed by atoms with Crippen molar-refractivity contribution in [1.29, 1.82) is 0 Å². The van der Waals surface area contributed by atoms with E-state index < -0.39 is 0 Å². The molecule has 0 bridgehead atoms. The van der Waals surface area contributed by atoms with Gasteiger partial charge in [-0.25, -0.2) is 0 Å². The second-order valence-corrected chi connectivity index (χ2v) is 7.29. The van der Waals surface area contributed by atoms with Crippen LogP contribution in [0.25, 0.3) is 0 Å². The number of rotatable bonds is 2. The molecule has 1 aliphatic heterocycles. The van der Waals surface area contributed by atoms with Crippen molar-refractivity contribution in [2.45, 2.75) is 25.7 Å². The molecule has 15 heavy (non-hydrogen) atoms. The van der Waals surface area contributed by atoms with E-state index in [9.17, 15) is 0 Å². The molecule has 1 saturated heterocycles. The van der Waals surface area contributed by atoms with E-state index in [0.29, 0.717) is 0 Å². The van der Waals surface area contributed by atoms with E-state index >= 15 is 0 Å². The van der Waals surface area contributed by atoms with Crippen LogP contribution in [0.4, 0.5) is 0 Å². The van der Waals surface area contributed by atoms with Gasteiger partial charge in [-0.05, 0) is 69.3 Å². The molecule has 0 radical (unpaired) electrons. The first-order valence-electron chi connectivity index (χ1n) is 5.37. The molecule has 1 aromatic rings. The van der Waals surface area contributed by atoms with Crippen LogP contribution in [0.3, 0.4) is 0 Å². The lowest BCUT2D eigenvalue weighted by atomic mass is 9.84. The van der Waals surface area contributed by atoms with Crippen LogP contribution in [-0.4, -0.2) is 13.1 Å². The monoisotopic (exact) mass is 351 g/mol. The molecule has 2 heterocycles. The summed E-state index contributed by atoms with van der Waals surface area (Å²) in [6.07, 6.45) is 2.54.